The summed E-state index contributed by atoms with van der Waals surface area (Å²) in [6.07, 6.45) is 5.16. The van der Waals surface area contributed by atoms with Crippen molar-refractivity contribution in [1.82, 2.24) is 29.8 Å². The predicted octanol–water partition coefficient (Wildman–Crippen LogP) is 2.50. The van der Waals surface area contributed by atoms with Gasteiger partial charge < -0.3 is 14.8 Å². The van der Waals surface area contributed by atoms with E-state index in [1.54, 1.807) is 24.5 Å². The molecule has 1 aromatic carbocycles. The number of piperazine rings is 1. The number of aryl methyl sites for hydroxylation is 1. The average Bonchev–Trinajstić information content (AvgIpc) is 3.38. The smallest absolute Gasteiger partial charge is 0.239 e. The predicted molar refractivity (Wildman–Crippen MR) is 117 cm³/mol. The highest BCUT2D eigenvalue weighted by atomic mass is 19.1. The highest BCUT2D eigenvalue weighted by Crippen LogP contribution is 2.35. The van der Waals surface area contributed by atoms with Gasteiger partial charge in [0.25, 0.3) is 0 Å². The summed E-state index contributed by atoms with van der Waals surface area (Å²) in [5, 5.41) is 2.80. The molecule has 1 amide bonds. The molecule has 0 saturated carbocycles. The fourth-order valence-electron chi connectivity index (χ4n) is 4.54. The van der Waals surface area contributed by atoms with Crippen molar-refractivity contribution in [2.45, 2.75) is 18.9 Å². The number of amides is 1. The molecular formula is C23H20FN7O. The Morgan fingerprint density at radius 1 is 1.09 bits per heavy atom. The quantitative estimate of drug-likeness (QED) is 0.538. The van der Waals surface area contributed by atoms with Crippen LogP contribution in [-0.2, 0) is 11.2 Å². The second-order valence-corrected chi connectivity index (χ2v) is 8.09. The van der Waals surface area contributed by atoms with Crippen molar-refractivity contribution < 1.29 is 9.18 Å². The van der Waals surface area contributed by atoms with E-state index in [2.05, 4.69) is 19.9 Å². The van der Waals surface area contributed by atoms with Crippen molar-refractivity contribution in [3.8, 4) is 11.3 Å². The zero-order valence-corrected chi connectivity index (χ0v) is 17.2. The van der Waals surface area contributed by atoms with Crippen LogP contribution in [0.4, 0.5) is 10.3 Å². The van der Waals surface area contributed by atoms with Gasteiger partial charge in [-0.15, -0.1) is 0 Å². The first-order chi connectivity index (χ1) is 15.7. The Balaban J connectivity index is 1.35. The number of carbonyl (C=O) groups excluding carboxylic acids is 1. The number of imidazole rings is 1. The van der Waals surface area contributed by atoms with Crippen molar-refractivity contribution in [2.24, 2.45) is 0 Å². The van der Waals surface area contributed by atoms with Crippen molar-refractivity contribution in [3.05, 3.63) is 66.0 Å². The molecule has 1 atom stereocenters. The van der Waals surface area contributed by atoms with Gasteiger partial charge in [-0.1, -0.05) is 12.1 Å². The van der Waals surface area contributed by atoms with Gasteiger partial charge in [0.1, 0.15) is 17.2 Å². The summed E-state index contributed by atoms with van der Waals surface area (Å²) >= 11 is 0. The van der Waals surface area contributed by atoms with Crippen LogP contribution in [0.2, 0.25) is 0 Å². The van der Waals surface area contributed by atoms with Crippen molar-refractivity contribution >= 4 is 23.0 Å². The fourth-order valence-corrected chi connectivity index (χ4v) is 4.54. The Hall–Kier alpha value is -3.88. The second-order valence-electron chi connectivity index (χ2n) is 8.09. The second kappa shape index (κ2) is 7.37. The number of halogens is 1. The SMILES string of the molecule is O=C1CN(c2ncc(-c3ccc4nc5n(c4n3)C(c3cccc(F)c3)CC5)cn2)CCN1. The Bertz CT molecular complexity index is 1330. The maximum absolute atomic E-state index is 13.8. The van der Waals surface area contributed by atoms with E-state index in [1.807, 2.05) is 23.1 Å². The van der Waals surface area contributed by atoms with Crippen LogP contribution < -0.4 is 10.2 Å². The van der Waals surface area contributed by atoms with E-state index < -0.39 is 0 Å². The Morgan fingerprint density at radius 3 is 2.78 bits per heavy atom. The molecule has 4 aromatic rings. The summed E-state index contributed by atoms with van der Waals surface area (Å²) in [5.74, 6) is 1.23. The summed E-state index contributed by atoms with van der Waals surface area (Å²) in [7, 11) is 0. The molecule has 1 saturated heterocycles. The Labute approximate surface area is 183 Å². The van der Waals surface area contributed by atoms with Gasteiger partial charge in [0.15, 0.2) is 5.65 Å². The van der Waals surface area contributed by atoms with Crippen molar-refractivity contribution in [1.29, 1.82) is 0 Å². The minimum Gasteiger partial charge on any atom is -0.353 e. The van der Waals surface area contributed by atoms with Gasteiger partial charge in [0.2, 0.25) is 11.9 Å². The molecule has 1 N–H and O–H groups in total. The number of anilines is 1. The molecule has 32 heavy (non-hydrogen) atoms. The molecule has 1 fully saturated rings. The number of carbonyl (C=O) groups is 1. The number of rotatable bonds is 3. The minimum atomic E-state index is -0.238. The van der Waals surface area contributed by atoms with Crippen molar-refractivity contribution in [2.75, 3.05) is 24.5 Å². The number of aromatic nitrogens is 5. The van der Waals surface area contributed by atoms with Crippen LogP contribution in [0.3, 0.4) is 0 Å². The highest BCUT2D eigenvalue weighted by Gasteiger charge is 2.28. The van der Waals surface area contributed by atoms with Crippen LogP contribution in [0.15, 0.2) is 48.8 Å². The number of nitrogens with one attached hydrogen (secondary N) is 1. The number of hydrogen-bond acceptors (Lipinski definition) is 6. The molecule has 2 aliphatic heterocycles. The maximum atomic E-state index is 13.8. The molecule has 5 heterocycles. The monoisotopic (exact) mass is 429 g/mol. The third kappa shape index (κ3) is 3.17. The van der Waals surface area contributed by atoms with Crippen LogP contribution in [0, 0.1) is 5.82 Å². The van der Waals surface area contributed by atoms with E-state index in [1.165, 1.54) is 6.07 Å². The Morgan fingerprint density at radius 2 is 1.97 bits per heavy atom. The first kappa shape index (κ1) is 18.9. The fraction of sp³-hybridized carbons (Fsp3) is 0.261. The van der Waals surface area contributed by atoms with Gasteiger partial charge in [-0.25, -0.2) is 24.3 Å². The highest BCUT2D eigenvalue weighted by molar-refractivity contribution is 5.82. The number of nitrogens with zero attached hydrogens (tertiary/aromatic N) is 6. The topological polar surface area (TPSA) is 88.8 Å². The van der Waals surface area contributed by atoms with E-state index >= 15 is 0 Å². The number of fused-ring (bicyclic) bond motifs is 3. The molecule has 2 aliphatic rings. The molecule has 6 rings (SSSR count). The molecule has 160 valence electrons. The zero-order chi connectivity index (χ0) is 21.7. The van der Waals surface area contributed by atoms with Gasteiger partial charge >= 0.3 is 0 Å². The van der Waals surface area contributed by atoms with Gasteiger partial charge in [0, 0.05) is 37.5 Å². The lowest BCUT2D eigenvalue weighted by atomic mass is 10.0. The normalized spacial score (nSPS) is 18.1. The van der Waals surface area contributed by atoms with Crippen LogP contribution in [0.5, 0.6) is 0 Å². The third-order valence-corrected chi connectivity index (χ3v) is 6.05. The van der Waals surface area contributed by atoms with Crippen molar-refractivity contribution in [3.63, 3.8) is 0 Å². The number of pyridine rings is 1. The molecule has 0 aliphatic carbocycles. The molecule has 0 radical (unpaired) electrons. The van der Waals surface area contributed by atoms with E-state index in [4.69, 9.17) is 9.97 Å². The zero-order valence-electron chi connectivity index (χ0n) is 17.2. The summed E-state index contributed by atoms with van der Waals surface area (Å²) in [4.78, 5) is 32.0. The van der Waals surface area contributed by atoms with Crippen LogP contribution in [-0.4, -0.2) is 50.0 Å². The molecule has 8 nitrogen and oxygen atoms in total. The number of benzene rings is 1. The van der Waals surface area contributed by atoms with Gasteiger partial charge in [0.05, 0.1) is 18.3 Å². The van der Waals surface area contributed by atoms with E-state index in [9.17, 15) is 9.18 Å². The molecule has 9 heteroatoms. The average molecular weight is 429 g/mol. The molecule has 0 spiro atoms. The van der Waals surface area contributed by atoms with E-state index in [-0.39, 0.29) is 24.3 Å². The van der Waals surface area contributed by atoms with Gasteiger partial charge in [-0.05, 0) is 36.2 Å². The van der Waals surface area contributed by atoms with Crippen LogP contribution in [0.1, 0.15) is 23.9 Å². The largest absolute Gasteiger partial charge is 0.353 e. The van der Waals surface area contributed by atoms with Gasteiger partial charge in [-0.3, -0.25) is 4.79 Å². The first-order valence-electron chi connectivity index (χ1n) is 10.6. The maximum Gasteiger partial charge on any atom is 0.239 e. The molecular weight excluding hydrogens is 409 g/mol. The summed E-state index contributed by atoms with van der Waals surface area (Å²) in [6, 6.07) is 10.6. The molecule has 1 unspecified atom stereocenters. The first-order valence-corrected chi connectivity index (χ1v) is 10.6. The standard InChI is InChI=1S/C23H20FN7O/c24-16-3-1-2-14(10-16)19-6-7-20-28-18-5-4-17(29-22(18)31(19)20)15-11-26-23(27-12-15)30-9-8-25-21(32)13-30/h1-5,10-12,19H,6-9,13H2,(H,25,32). The van der Waals surface area contributed by atoms with Crippen LogP contribution in [0.25, 0.3) is 22.4 Å². The minimum absolute atomic E-state index is 0.0114. The van der Waals surface area contributed by atoms with Crippen LogP contribution >= 0.6 is 0 Å². The third-order valence-electron chi connectivity index (χ3n) is 6.05. The lowest BCUT2D eigenvalue weighted by Crippen LogP contribution is -2.48. The summed E-state index contributed by atoms with van der Waals surface area (Å²) in [6.45, 7) is 1.52. The molecule has 0 bridgehead atoms. The lowest BCUT2D eigenvalue weighted by molar-refractivity contribution is -0.120. The summed E-state index contributed by atoms with van der Waals surface area (Å²) < 4.78 is 16.0. The summed E-state index contributed by atoms with van der Waals surface area (Å²) in [5.41, 5.74) is 4.05. The number of hydrogen-bond donors (Lipinski definition) is 1. The van der Waals surface area contributed by atoms with Gasteiger partial charge in [-0.2, -0.15) is 0 Å². The van der Waals surface area contributed by atoms with E-state index in [0.29, 0.717) is 19.0 Å². The Kier molecular flexibility index (Phi) is 4.34. The lowest BCUT2D eigenvalue weighted by Gasteiger charge is -2.26. The molecule has 3 aromatic heterocycles. The van der Waals surface area contributed by atoms with E-state index in [0.717, 1.165) is 46.7 Å².